The number of carbonyl (C=O) groups is 8. The van der Waals surface area contributed by atoms with Crippen molar-refractivity contribution in [3.8, 4) is 0 Å². The fourth-order valence-corrected chi connectivity index (χ4v) is 4.11. The average Bonchev–Trinajstić information content (AvgIpc) is 3.42. The van der Waals surface area contributed by atoms with Crippen molar-refractivity contribution in [2.24, 2.45) is 23.7 Å². The SMILES string of the molecule is [CH2-]C1CC(=O)N(CC)C1=O.[CH2-]C1CC(=O)N(CC)C1=O.[CH2-]C1CC(=O)N(CN2C(=O)CC([CH2-])C2=O)C1=O.[Y].[Y]. The molecule has 8 amide bonds. The van der Waals surface area contributed by atoms with Gasteiger partial charge in [0.2, 0.25) is 47.3 Å². The van der Waals surface area contributed by atoms with Gasteiger partial charge in [-0.15, -0.1) is 0 Å². The summed E-state index contributed by atoms with van der Waals surface area (Å²) < 4.78 is 0. The van der Waals surface area contributed by atoms with Gasteiger partial charge in [0.25, 0.3) is 0 Å². The molecule has 4 fully saturated rings. The number of likely N-dealkylation sites (tertiary alicyclic amines) is 4. The zero-order chi connectivity index (χ0) is 28.2. The van der Waals surface area contributed by atoms with Gasteiger partial charge in [-0.1, -0.05) is 23.7 Å². The summed E-state index contributed by atoms with van der Waals surface area (Å²) in [5, 5.41) is 0. The summed E-state index contributed by atoms with van der Waals surface area (Å²) in [6.45, 7) is 18.4. The van der Waals surface area contributed by atoms with E-state index in [1.807, 2.05) is 0 Å². The van der Waals surface area contributed by atoms with E-state index in [4.69, 9.17) is 0 Å². The molecule has 0 aromatic rings. The Balaban J connectivity index is 0.000000573. The van der Waals surface area contributed by atoms with Crippen LogP contribution in [0.4, 0.5) is 0 Å². The first kappa shape index (κ1) is 37.8. The predicted molar refractivity (Wildman–Crippen MR) is 127 cm³/mol. The standard InChI is InChI=1S/C11H12N2O4.2C7H10NO2.2Y/c1-6-3-8(14)12(10(6)16)5-13-9(15)4-7(2)11(13)17;2*1-3-8-6(9)4-5(2)7(8)10;;/h6-7H,1-5H2;2*5H,2-4H2,1H3;;/q-2;2*-1;;. The van der Waals surface area contributed by atoms with Crippen LogP contribution >= 0.6 is 0 Å². The van der Waals surface area contributed by atoms with Gasteiger partial charge < -0.3 is 27.7 Å². The summed E-state index contributed by atoms with van der Waals surface area (Å²) >= 11 is 0. The number of hydrogen-bond donors (Lipinski definition) is 0. The molecule has 12 nitrogen and oxygen atoms in total. The second-order valence-corrected chi connectivity index (χ2v) is 9.02. The molecular formula is C25H32N4O8Y2-4. The minimum absolute atomic E-state index is 0. The van der Waals surface area contributed by atoms with E-state index in [0.717, 1.165) is 9.80 Å². The molecule has 0 aromatic carbocycles. The summed E-state index contributed by atoms with van der Waals surface area (Å²) in [5.74, 6) is -4.05. The zero-order valence-corrected chi connectivity index (χ0v) is 28.0. The van der Waals surface area contributed by atoms with E-state index >= 15 is 0 Å². The van der Waals surface area contributed by atoms with Crippen LogP contribution in [0.2, 0.25) is 0 Å². The molecular weight excluding hydrogens is 662 g/mol. The number of hydrogen-bond acceptors (Lipinski definition) is 8. The van der Waals surface area contributed by atoms with Crippen LogP contribution in [0, 0.1) is 51.4 Å². The molecule has 14 heteroatoms. The van der Waals surface area contributed by atoms with Gasteiger partial charge in [0.05, 0.1) is 0 Å². The molecule has 210 valence electrons. The van der Waals surface area contributed by atoms with Gasteiger partial charge in [0, 0.05) is 104 Å². The summed E-state index contributed by atoms with van der Waals surface area (Å²) in [6.07, 6.45) is 0.630. The minimum atomic E-state index is -0.620. The van der Waals surface area contributed by atoms with Crippen molar-refractivity contribution in [2.45, 2.75) is 39.5 Å². The molecule has 4 heterocycles. The fraction of sp³-hybridized carbons (Fsp3) is 0.520. The molecule has 0 bridgehead atoms. The third-order valence-corrected chi connectivity index (χ3v) is 6.26. The first-order valence-corrected chi connectivity index (χ1v) is 11.9. The molecule has 39 heavy (non-hydrogen) atoms. The summed E-state index contributed by atoms with van der Waals surface area (Å²) in [6, 6.07) is 0. The van der Waals surface area contributed by atoms with Crippen LogP contribution < -0.4 is 0 Å². The Bertz CT molecular complexity index is 942. The van der Waals surface area contributed by atoms with Gasteiger partial charge in [-0.25, -0.2) is 0 Å². The first-order chi connectivity index (χ1) is 17.2. The molecule has 0 spiro atoms. The molecule has 4 aliphatic rings. The monoisotopic (exact) mass is 694 g/mol. The van der Waals surface area contributed by atoms with E-state index in [1.54, 1.807) is 13.8 Å². The summed E-state index contributed by atoms with van der Waals surface area (Å²) in [5.41, 5.74) is 0. The Morgan fingerprint density at radius 1 is 0.487 bits per heavy atom. The van der Waals surface area contributed by atoms with Crippen LogP contribution in [0.15, 0.2) is 0 Å². The van der Waals surface area contributed by atoms with Crippen LogP contribution in [0.5, 0.6) is 0 Å². The van der Waals surface area contributed by atoms with Crippen molar-refractivity contribution in [1.29, 1.82) is 0 Å². The third kappa shape index (κ3) is 8.87. The summed E-state index contributed by atoms with van der Waals surface area (Å²) in [4.78, 5) is 94.2. The molecule has 4 rings (SSSR count). The Labute approximate surface area is 279 Å². The van der Waals surface area contributed by atoms with E-state index in [9.17, 15) is 38.4 Å². The van der Waals surface area contributed by atoms with Crippen molar-refractivity contribution in [3.63, 3.8) is 0 Å². The van der Waals surface area contributed by atoms with Crippen molar-refractivity contribution in [3.05, 3.63) is 27.7 Å². The largest absolute Gasteiger partial charge is 0.331 e. The second kappa shape index (κ2) is 16.3. The molecule has 2 radical (unpaired) electrons. The first-order valence-electron chi connectivity index (χ1n) is 11.9. The van der Waals surface area contributed by atoms with Crippen LogP contribution in [-0.2, 0) is 104 Å². The van der Waals surface area contributed by atoms with Gasteiger partial charge in [0.15, 0.2) is 0 Å². The van der Waals surface area contributed by atoms with Gasteiger partial charge >= 0.3 is 0 Å². The number of nitrogens with zero attached hydrogens (tertiary/aromatic N) is 4. The maximum absolute atomic E-state index is 11.6. The van der Waals surface area contributed by atoms with Crippen molar-refractivity contribution < 1.29 is 104 Å². The zero-order valence-electron chi connectivity index (χ0n) is 22.3. The minimum Gasteiger partial charge on any atom is -0.331 e. The Hall–Kier alpha value is -1.23. The molecule has 4 saturated heterocycles. The van der Waals surface area contributed by atoms with E-state index in [0.29, 0.717) is 13.1 Å². The molecule has 4 aliphatic heterocycles. The normalized spacial score (nSPS) is 26.4. The quantitative estimate of drug-likeness (QED) is 0.290. The predicted octanol–water partition coefficient (Wildman–Crippen LogP) is -0.212. The van der Waals surface area contributed by atoms with E-state index < -0.39 is 35.5 Å². The maximum atomic E-state index is 11.6. The summed E-state index contributed by atoms with van der Waals surface area (Å²) in [7, 11) is 0. The van der Waals surface area contributed by atoms with Gasteiger partial charge in [-0.3, -0.25) is 58.0 Å². The molecule has 0 saturated carbocycles. The molecule has 0 aromatic heterocycles. The number of imide groups is 4. The topological polar surface area (TPSA) is 150 Å². The Kier molecular flexibility index (Phi) is 15.8. The van der Waals surface area contributed by atoms with Crippen LogP contribution in [0.1, 0.15) is 39.5 Å². The van der Waals surface area contributed by atoms with Crippen LogP contribution in [-0.4, -0.2) is 86.6 Å². The average molecular weight is 694 g/mol. The van der Waals surface area contributed by atoms with E-state index in [1.165, 1.54) is 9.80 Å². The van der Waals surface area contributed by atoms with Crippen LogP contribution in [0.3, 0.4) is 0 Å². The van der Waals surface area contributed by atoms with E-state index in [2.05, 4.69) is 27.7 Å². The number of amides is 8. The van der Waals surface area contributed by atoms with Crippen LogP contribution in [0.25, 0.3) is 0 Å². The molecule has 0 N–H and O–H groups in total. The second-order valence-electron chi connectivity index (χ2n) is 9.02. The Morgan fingerprint density at radius 3 is 0.821 bits per heavy atom. The van der Waals surface area contributed by atoms with Crippen molar-refractivity contribution in [1.82, 2.24) is 19.6 Å². The smallest absolute Gasteiger partial charge is 0.228 e. The van der Waals surface area contributed by atoms with Crippen molar-refractivity contribution in [2.75, 3.05) is 19.8 Å². The maximum Gasteiger partial charge on any atom is 0.228 e. The third-order valence-electron chi connectivity index (χ3n) is 6.26. The molecule has 4 unspecified atom stereocenters. The molecule has 0 aliphatic carbocycles. The fourth-order valence-electron chi connectivity index (χ4n) is 4.11. The Morgan fingerprint density at radius 2 is 0.692 bits per heavy atom. The van der Waals surface area contributed by atoms with E-state index in [-0.39, 0.29) is 133 Å². The van der Waals surface area contributed by atoms with Gasteiger partial charge in [-0.2, -0.15) is 0 Å². The van der Waals surface area contributed by atoms with Gasteiger partial charge in [0.1, 0.15) is 6.67 Å². The van der Waals surface area contributed by atoms with Crippen molar-refractivity contribution >= 4 is 47.3 Å². The number of carbonyl (C=O) groups excluding carboxylic acids is 8. The van der Waals surface area contributed by atoms with Gasteiger partial charge in [-0.05, 0) is 13.8 Å². The molecule has 4 atom stereocenters. The number of rotatable bonds is 4.